The van der Waals surface area contributed by atoms with Crippen LogP contribution in [-0.4, -0.2) is 15.6 Å². The van der Waals surface area contributed by atoms with Crippen molar-refractivity contribution < 1.29 is 9.90 Å². The fourth-order valence-corrected chi connectivity index (χ4v) is 4.63. The van der Waals surface area contributed by atoms with Crippen molar-refractivity contribution in [2.45, 2.75) is 52.5 Å². The lowest BCUT2D eigenvalue weighted by Gasteiger charge is -2.20. The van der Waals surface area contributed by atoms with Crippen LogP contribution in [0.1, 0.15) is 72.0 Å². The Hall–Kier alpha value is -3.24. The van der Waals surface area contributed by atoms with E-state index in [0.717, 1.165) is 27.7 Å². The fourth-order valence-electron chi connectivity index (χ4n) is 4.51. The molecule has 4 nitrogen and oxygen atoms in total. The number of carbonyl (C=O) groups is 1. The number of aromatic nitrogens is 1. The predicted molar refractivity (Wildman–Crippen MR) is 145 cm³/mol. The minimum Gasteiger partial charge on any atom is -0.506 e. The van der Waals surface area contributed by atoms with Crippen molar-refractivity contribution in [3.63, 3.8) is 0 Å². The molecule has 1 heterocycles. The number of hydrogen-bond acceptors (Lipinski definition) is 2. The summed E-state index contributed by atoms with van der Waals surface area (Å²) in [5.74, 6) is -0.00879. The Morgan fingerprint density at radius 1 is 1.06 bits per heavy atom. The number of nitrogens with zero attached hydrogens (tertiary/aromatic N) is 1. The largest absolute Gasteiger partial charge is 0.506 e. The summed E-state index contributed by atoms with van der Waals surface area (Å²) >= 11 is 5.97. The van der Waals surface area contributed by atoms with E-state index in [1.54, 1.807) is 12.1 Å². The molecule has 4 rings (SSSR count). The molecule has 0 bridgehead atoms. The molecule has 182 valence electrons. The molecule has 3 aromatic carbocycles. The van der Waals surface area contributed by atoms with Crippen molar-refractivity contribution >= 4 is 28.4 Å². The number of nitrogens with one attached hydrogen (secondary N) is 1. The highest BCUT2D eigenvalue weighted by molar-refractivity contribution is 6.32. The quantitative estimate of drug-likeness (QED) is 0.311. The normalized spacial score (nSPS) is 12.7. The Kier molecular flexibility index (Phi) is 6.70. The van der Waals surface area contributed by atoms with Crippen LogP contribution in [-0.2, 0) is 18.9 Å². The molecule has 0 spiro atoms. The second kappa shape index (κ2) is 9.43. The molecule has 35 heavy (non-hydrogen) atoms. The van der Waals surface area contributed by atoms with Gasteiger partial charge in [-0.2, -0.15) is 0 Å². The molecule has 0 saturated heterocycles. The highest BCUT2D eigenvalue weighted by Crippen LogP contribution is 2.31. The van der Waals surface area contributed by atoms with Gasteiger partial charge in [0.2, 0.25) is 0 Å². The Morgan fingerprint density at radius 2 is 1.74 bits per heavy atom. The van der Waals surface area contributed by atoms with Gasteiger partial charge < -0.3 is 15.0 Å². The van der Waals surface area contributed by atoms with Gasteiger partial charge in [-0.3, -0.25) is 4.79 Å². The second-order valence-electron chi connectivity index (χ2n) is 10.4. The number of aromatic hydroxyl groups is 1. The Balaban J connectivity index is 1.56. The van der Waals surface area contributed by atoms with E-state index in [0.29, 0.717) is 17.0 Å². The van der Waals surface area contributed by atoms with Crippen molar-refractivity contribution in [1.82, 2.24) is 9.88 Å². The molecular weight excluding hydrogens is 456 g/mol. The SMILES string of the molecule is Cc1c(Cc2ccc(Cl)c(O)c2)c2ccc(C(=O)N[C@@H](C)c3ccc(C(C)(C)C)cc3)cc2n1C. The zero-order chi connectivity index (χ0) is 25.5. The highest BCUT2D eigenvalue weighted by Gasteiger charge is 2.18. The molecule has 0 radical (unpaired) electrons. The van der Waals surface area contributed by atoms with E-state index in [-0.39, 0.29) is 23.1 Å². The van der Waals surface area contributed by atoms with Gasteiger partial charge in [0.05, 0.1) is 11.1 Å². The van der Waals surface area contributed by atoms with Gasteiger partial charge in [0.1, 0.15) is 5.75 Å². The van der Waals surface area contributed by atoms with Crippen LogP contribution in [0.15, 0.2) is 60.7 Å². The van der Waals surface area contributed by atoms with E-state index in [1.165, 1.54) is 11.1 Å². The lowest BCUT2D eigenvalue weighted by Crippen LogP contribution is -2.26. The maximum Gasteiger partial charge on any atom is 0.251 e. The van der Waals surface area contributed by atoms with Crippen LogP contribution in [0.25, 0.3) is 10.9 Å². The van der Waals surface area contributed by atoms with Gasteiger partial charge in [-0.25, -0.2) is 0 Å². The summed E-state index contributed by atoms with van der Waals surface area (Å²) in [6.45, 7) is 10.7. The monoisotopic (exact) mass is 488 g/mol. The molecule has 1 aromatic heterocycles. The standard InChI is InChI=1S/C30H33ClN2O2/c1-18(21-8-11-23(12-9-21)30(3,4)5)32-29(35)22-10-13-24-25(19(2)33(6)27(24)17-22)15-20-7-14-26(31)28(34)16-20/h7-14,16-18,34H,15H2,1-6H3,(H,32,35)/t18-/m0/s1. The number of halogens is 1. The lowest BCUT2D eigenvalue weighted by atomic mass is 9.86. The number of fused-ring (bicyclic) bond motifs is 1. The molecule has 0 aliphatic rings. The minimum absolute atomic E-state index is 0.0863. The van der Waals surface area contributed by atoms with E-state index in [4.69, 9.17) is 11.6 Å². The Labute approximate surface area is 212 Å². The number of phenols is 1. The summed E-state index contributed by atoms with van der Waals surface area (Å²) in [4.78, 5) is 13.1. The number of aryl methyl sites for hydroxylation is 1. The Bertz CT molecular complexity index is 1390. The van der Waals surface area contributed by atoms with Crippen LogP contribution in [0.2, 0.25) is 5.02 Å². The maximum atomic E-state index is 13.1. The van der Waals surface area contributed by atoms with Crippen LogP contribution >= 0.6 is 11.6 Å². The molecule has 1 atom stereocenters. The van der Waals surface area contributed by atoms with E-state index >= 15 is 0 Å². The third kappa shape index (κ3) is 5.08. The minimum atomic E-state index is -0.101. The van der Waals surface area contributed by atoms with Gasteiger partial charge >= 0.3 is 0 Å². The molecular formula is C30H33ClN2O2. The first-order chi connectivity index (χ1) is 16.5. The first-order valence-corrected chi connectivity index (χ1v) is 12.3. The fraction of sp³-hybridized carbons (Fsp3) is 0.300. The van der Waals surface area contributed by atoms with Gasteiger partial charge in [0.15, 0.2) is 0 Å². The summed E-state index contributed by atoms with van der Waals surface area (Å²) < 4.78 is 2.12. The smallest absolute Gasteiger partial charge is 0.251 e. The number of rotatable bonds is 5. The molecule has 0 unspecified atom stereocenters. The van der Waals surface area contributed by atoms with Crippen LogP contribution in [0.5, 0.6) is 5.75 Å². The van der Waals surface area contributed by atoms with Crippen molar-refractivity contribution in [3.05, 3.63) is 99.2 Å². The van der Waals surface area contributed by atoms with Gasteiger partial charge in [0.25, 0.3) is 5.91 Å². The molecule has 0 aliphatic heterocycles. The van der Waals surface area contributed by atoms with Crippen LogP contribution in [0, 0.1) is 6.92 Å². The van der Waals surface area contributed by atoms with Crippen LogP contribution in [0.4, 0.5) is 0 Å². The van der Waals surface area contributed by atoms with E-state index in [2.05, 4.69) is 61.8 Å². The zero-order valence-corrected chi connectivity index (χ0v) is 22.0. The number of amides is 1. The topological polar surface area (TPSA) is 54.3 Å². The molecule has 0 aliphatic carbocycles. The summed E-state index contributed by atoms with van der Waals surface area (Å²) in [5, 5.41) is 14.6. The van der Waals surface area contributed by atoms with E-state index < -0.39 is 0 Å². The third-order valence-corrected chi connectivity index (χ3v) is 7.22. The van der Waals surface area contributed by atoms with Crippen molar-refractivity contribution in [1.29, 1.82) is 0 Å². The van der Waals surface area contributed by atoms with Gasteiger partial charge in [-0.05, 0) is 72.2 Å². The Morgan fingerprint density at radius 3 is 2.37 bits per heavy atom. The maximum absolute atomic E-state index is 13.1. The number of phenolic OH excluding ortho intramolecular Hbond substituents is 1. The summed E-state index contributed by atoms with van der Waals surface area (Å²) in [7, 11) is 2.02. The molecule has 5 heteroatoms. The lowest BCUT2D eigenvalue weighted by molar-refractivity contribution is 0.0940. The van der Waals surface area contributed by atoms with Crippen LogP contribution < -0.4 is 5.32 Å². The molecule has 0 fully saturated rings. The molecule has 4 aromatic rings. The molecule has 1 amide bonds. The van der Waals surface area contributed by atoms with E-state index in [1.807, 2.05) is 38.2 Å². The molecule has 2 N–H and O–H groups in total. The first kappa shape index (κ1) is 24.9. The van der Waals surface area contributed by atoms with Gasteiger partial charge in [0, 0.05) is 29.2 Å². The average molecular weight is 489 g/mol. The van der Waals surface area contributed by atoms with Crippen molar-refractivity contribution in [2.24, 2.45) is 7.05 Å². The number of benzene rings is 3. The van der Waals surface area contributed by atoms with Gasteiger partial charge in [-0.1, -0.05) is 68.8 Å². The van der Waals surface area contributed by atoms with Crippen LogP contribution in [0.3, 0.4) is 0 Å². The molecule has 0 saturated carbocycles. The summed E-state index contributed by atoms with van der Waals surface area (Å²) in [6.07, 6.45) is 0.668. The average Bonchev–Trinajstić information content (AvgIpc) is 3.05. The second-order valence-corrected chi connectivity index (χ2v) is 10.8. The third-order valence-electron chi connectivity index (χ3n) is 6.90. The number of carbonyl (C=O) groups excluding carboxylic acids is 1. The first-order valence-electron chi connectivity index (χ1n) is 11.9. The zero-order valence-electron chi connectivity index (χ0n) is 21.2. The summed E-state index contributed by atoms with van der Waals surface area (Å²) in [6, 6.07) is 19.6. The predicted octanol–water partition coefficient (Wildman–Crippen LogP) is 7.23. The van der Waals surface area contributed by atoms with E-state index in [9.17, 15) is 9.90 Å². The summed E-state index contributed by atoms with van der Waals surface area (Å²) in [5.41, 5.74) is 7.36. The number of hydrogen-bond donors (Lipinski definition) is 2. The van der Waals surface area contributed by atoms with Crippen molar-refractivity contribution in [2.75, 3.05) is 0 Å². The van der Waals surface area contributed by atoms with Gasteiger partial charge in [-0.15, -0.1) is 0 Å². The van der Waals surface area contributed by atoms with Crippen molar-refractivity contribution in [3.8, 4) is 5.75 Å². The highest BCUT2D eigenvalue weighted by atomic mass is 35.5.